The van der Waals surface area contributed by atoms with E-state index in [1.54, 1.807) is 0 Å². The molecule has 1 atom stereocenters. The molecule has 0 bridgehead atoms. The van der Waals surface area contributed by atoms with Crippen molar-refractivity contribution in [1.29, 1.82) is 0 Å². The zero-order valence-corrected chi connectivity index (χ0v) is 53.4. The minimum atomic E-state index is -0.808. The smallest absolute Gasteiger partial charge is 0.306 e. The van der Waals surface area contributed by atoms with Crippen LogP contribution >= 0.6 is 0 Å². The summed E-state index contributed by atoms with van der Waals surface area (Å²) in [7, 11) is 0. The Hall–Kier alpha value is -5.23. The first kappa shape index (κ1) is 77.8. The summed E-state index contributed by atoms with van der Waals surface area (Å²) in [5.74, 6) is -0.957. The number of ether oxygens (including phenoxy) is 3. The lowest BCUT2D eigenvalue weighted by atomic mass is 10.0. The Balaban J connectivity index is 4.23. The first-order valence-corrected chi connectivity index (χ1v) is 33.6. The largest absolute Gasteiger partial charge is 0.462 e. The van der Waals surface area contributed by atoms with Crippen molar-refractivity contribution in [3.8, 4) is 0 Å². The van der Waals surface area contributed by atoms with Crippen LogP contribution in [0.25, 0.3) is 0 Å². The molecule has 0 aromatic carbocycles. The Morgan fingerprint density at radius 3 is 0.759 bits per heavy atom. The monoisotopic (exact) mass is 1140 g/mol. The van der Waals surface area contributed by atoms with Crippen LogP contribution in [-0.4, -0.2) is 37.2 Å². The molecule has 6 nitrogen and oxygen atoms in total. The first-order chi connectivity index (χ1) is 41.0. The molecular formula is C77H122O6. The molecular weight excluding hydrogens is 1020 g/mol. The maximum absolute atomic E-state index is 12.9. The Bertz CT molecular complexity index is 1890. The van der Waals surface area contributed by atoms with Gasteiger partial charge in [-0.05, 0) is 135 Å². The Morgan fingerprint density at radius 2 is 0.470 bits per heavy atom. The topological polar surface area (TPSA) is 78.9 Å². The average Bonchev–Trinajstić information content (AvgIpc) is 3.49. The molecule has 6 heteroatoms. The van der Waals surface area contributed by atoms with Crippen molar-refractivity contribution in [3.05, 3.63) is 170 Å². The zero-order chi connectivity index (χ0) is 59.9. The molecule has 0 spiro atoms. The van der Waals surface area contributed by atoms with Gasteiger partial charge in [-0.15, -0.1) is 0 Å². The van der Waals surface area contributed by atoms with E-state index >= 15 is 0 Å². The highest BCUT2D eigenvalue weighted by Gasteiger charge is 2.19. The molecule has 83 heavy (non-hydrogen) atoms. The van der Waals surface area contributed by atoms with Gasteiger partial charge in [0.25, 0.3) is 0 Å². The number of esters is 3. The Labute approximate surface area is 511 Å². The molecule has 0 aromatic rings. The molecule has 0 aliphatic rings. The number of carbonyl (C=O) groups excluding carboxylic acids is 3. The molecule has 1 unspecified atom stereocenters. The summed E-state index contributed by atoms with van der Waals surface area (Å²) in [6.07, 6.45) is 103. The standard InChI is InChI=1S/C77H122O6/c1-4-7-10-13-16-18-20-22-24-26-28-30-32-34-36-37-38-39-41-42-44-46-48-50-52-54-56-58-61-64-67-70-76(79)82-73-74(72-81-75(78)69-66-63-60-15-12-9-6-3)83-77(80)71-68-65-62-59-57-55-53-51-49-47-45-43-40-35-33-31-29-27-25-23-21-19-17-14-11-8-5-2/h7-8,10-11,16-19,22-25,28-31,34-36,38-40,45,47,51,53,57,59,74H,4-6,9,12-15,20-21,26-27,32-33,37,41-44,46,48-50,52,54-56,58,60-73H2,1-3H3/b10-7-,11-8-,18-16-,19-17-,24-22-,25-23-,30-28-,31-29-,36-34-,39-38-,40-35-,47-45-,53-51-,59-57-. The summed E-state index contributed by atoms with van der Waals surface area (Å²) in [5.41, 5.74) is 0. The van der Waals surface area contributed by atoms with Crippen molar-refractivity contribution in [2.24, 2.45) is 0 Å². The molecule has 0 aliphatic carbocycles. The highest BCUT2D eigenvalue weighted by atomic mass is 16.6. The second-order valence-electron chi connectivity index (χ2n) is 21.6. The van der Waals surface area contributed by atoms with E-state index < -0.39 is 6.10 Å². The summed E-state index contributed by atoms with van der Waals surface area (Å²) in [4.78, 5) is 38.1. The molecule has 0 saturated carbocycles. The predicted octanol–water partition coefficient (Wildman–Crippen LogP) is 23.4. The maximum atomic E-state index is 12.9. The van der Waals surface area contributed by atoms with Gasteiger partial charge in [-0.25, -0.2) is 0 Å². The number of allylic oxidation sites excluding steroid dienone is 28. The van der Waals surface area contributed by atoms with Gasteiger partial charge in [0.05, 0.1) is 0 Å². The van der Waals surface area contributed by atoms with Gasteiger partial charge in [0.1, 0.15) is 13.2 Å². The molecule has 0 saturated heterocycles. The Morgan fingerprint density at radius 1 is 0.253 bits per heavy atom. The van der Waals surface area contributed by atoms with Crippen LogP contribution in [0.5, 0.6) is 0 Å². The van der Waals surface area contributed by atoms with E-state index in [4.69, 9.17) is 14.2 Å². The third-order valence-electron chi connectivity index (χ3n) is 13.7. The predicted molar refractivity (Wildman–Crippen MR) is 361 cm³/mol. The lowest BCUT2D eigenvalue weighted by Crippen LogP contribution is -2.30. The fourth-order valence-corrected chi connectivity index (χ4v) is 8.76. The molecule has 0 aromatic heterocycles. The number of hydrogen-bond acceptors (Lipinski definition) is 6. The van der Waals surface area contributed by atoms with Crippen LogP contribution in [0.1, 0.15) is 278 Å². The van der Waals surface area contributed by atoms with Crippen LogP contribution in [0, 0.1) is 0 Å². The van der Waals surface area contributed by atoms with E-state index in [9.17, 15) is 14.4 Å². The van der Waals surface area contributed by atoms with E-state index in [1.165, 1.54) is 89.9 Å². The van der Waals surface area contributed by atoms with Crippen LogP contribution in [0.2, 0.25) is 0 Å². The third-order valence-corrected chi connectivity index (χ3v) is 13.7. The number of hydrogen-bond donors (Lipinski definition) is 0. The lowest BCUT2D eigenvalue weighted by Gasteiger charge is -2.18. The number of rotatable bonds is 59. The summed E-state index contributed by atoms with van der Waals surface area (Å²) in [5, 5.41) is 0. The average molecular weight is 1140 g/mol. The highest BCUT2D eigenvalue weighted by molar-refractivity contribution is 5.71. The highest BCUT2D eigenvalue weighted by Crippen LogP contribution is 2.15. The van der Waals surface area contributed by atoms with Crippen LogP contribution in [0.15, 0.2) is 170 Å². The molecule has 0 heterocycles. The fraction of sp³-hybridized carbons (Fsp3) is 0.597. The quantitative estimate of drug-likeness (QED) is 0.0261. The van der Waals surface area contributed by atoms with Gasteiger partial charge in [-0.2, -0.15) is 0 Å². The van der Waals surface area contributed by atoms with E-state index in [-0.39, 0.29) is 37.5 Å². The molecule has 0 fully saturated rings. The van der Waals surface area contributed by atoms with Crippen molar-refractivity contribution in [2.45, 2.75) is 284 Å². The molecule has 0 N–H and O–H groups in total. The van der Waals surface area contributed by atoms with Gasteiger partial charge in [-0.1, -0.05) is 294 Å². The molecule has 0 amide bonds. The number of carbonyl (C=O) groups is 3. The maximum Gasteiger partial charge on any atom is 0.306 e. The van der Waals surface area contributed by atoms with E-state index in [1.807, 2.05) is 0 Å². The molecule has 0 rings (SSSR count). The van der Waals surface area contributed by atoms with Crippen LogP contribution in [0.4, 0.5) is 0 Å². The van der Waals surface area contributed by atoms with Crippen LogP contribution in [-0.2, 0) is 28.6 Å². The van der Waals surface area contributed by atoms with Gasteiger partial charge in [-0.3, -0.25) is 14.4 Å². The van der Waals surface area contributed by atoms with Crippen LogP contribution in [0.3, 0.4) is 0 Å². The normalized spacial score (nSPS) is 13.2. The minimum Gasteiger partial charge on any atom is -0.462 e. The Kier molecular flexibility index (Phi) is 64.9. The summed E-state index contributed by atoms with van der Waals surface area (Å²) in [6, 6.07) is 0. The second kappa shape index (κ2) is 69.3. The SMILES string of the molecule is CC/C=C\C/C=C\C/C=C\C/C=C\C/C=C\C/C=C\C/C=C\C/C=C\CCCCC(=O)OC(COC(=O)CCCCCCCCC)COC(=O)CCCCCCCCCCCCCC/C=C\C/C=C\C/C=C\C/C=C\C/C=C\C/C=C\CC. The van der Waals surface area contributed by atoms with Gasteiger partial charge < -0.3 is 14.2 Å². The molecule has 0 aliphatic heterocycles. The van der Waals surface area contributed by atoms with E-state index in [0.29, 0.717) is 19.3 Å². The second-order valence-corrected chi connectivity index (χ2v) is 21.6. The van der Waals surface area contributed by atoms with Crippen molar-refractivity contribution >= 4 is 17.9 Å². The summed E-state index contributed by atoms with van der Waals surface area (Å²) in [6.45, 7) is 6.33. The molecule has 0 radical (unpaired) electrons. The van der Waals surface area contributed by atoms with Gasteiger partial charge >= 0.3 is 17.9 Å². The minimum absolute atomic E-state index is 0.101. The zero-order valence-electron chi connectivity index (χ0n) is 53.4. The summed E-state index contributed by atoms with van der Waals surface area (Å²) < 4.78 is 16.8. The number of unbranched alkanes of at least 4 members (excludes halogenated alkanes) is 20. The van der Waals surface area contributed by atoms with Gasteiger partial charge in [0, 0.05) is 19.3 Å². The van der Waals surface area contributed by atoms with Gasteiger partial charge in [0.15, 0.2) is 6.10 Å². The van der Waals surface area contributed by atoms with Crippen molar-refractivity contribution in [1.82, 2.24) is 0 Å². The third kappa shape index (κ3) is 67.4. The summed E-state index contributed by atoms with van der Waals surface area (Å²) >= 11 is 0. The molecule has 466 valence electrons. The fourth-order valence-electron chi connectivity index (χ4n) is 8.76. The lowest BCUT2D eigenvalue weighted by molar-refractivity contribution is -0.167. The van der Waals surface area contributed by atoms with Crippen molar-refractivity contribution in [2.75, 3.05) is 13.2 Å². The van der Waals surface area contributed by atoms with E-state index in [2.05, 4.69) is 191 Å². The van der Waals surface area contributed by atoms with Crippen molar-refractivity contribution in [3.63, 3.8) is 0 Å². The van der Waals surface area contributed by atoms with E-state index in [0.717, 1.165) is 141 Å². The first-order valence-electron chi connectivity index (χ1n) is 33.6. The van der Waals surface area contributed by atoms with Crippen molar-refractivity contribution < 1.29 is 28.6 Å². The van der Waals surface area contributed by atoms with Gasteiger partial charge in [0.2, 0.25) is 0 Å². The van der Waals surface area contributed by atoms with Crippen LogP contribution < -0.4 is 0 Å².